The minimum absolute atomic E-state index is 0.375. The molecule has 0 radical (unpaired) electrons. The van der Waals surface area contributed by atoms with E-state index < -0.39 is 0 Å². The lowest BCUT2D eigenvalue weighted by Crippen LogP contribution is -2.34. The van der Waals surface area contributed by atoms with Crippen LogP contribution in [0.1, 0.15) is 22.9 Å². The highest BCUT2D eigenvalue weighted by molar-refractivity contribution is 6.25. The van der Waals surface area contributed by atoms with E-state index in [1.165, 1.54) is 5.39 Å². The molecule has 8 aromatic carbocycles. The molecule has 1 atom stereocenters. The fourth-order valence-electron chi connectivity index (χ4n) is 7.82. The first-order valence-corrected chi connectivity index (χ1v) is 17.5. The van der Waals surface area contributed by atoms with Crippen LogP contribution in [0.15, 0.2) is 183 Å². The fourth-order valence-corrected chi connectivity index (χ4v) is 7.82. The lowest BCUT2D eigenvalue weighted by molar-refractivity contribution is 0.668. The predicted molar refractivity (Wildman–Crippen MR) is 213 cm³/mol. The lowest BCUT2D eigenvalue weighted by Gasteiger charge is -2.25. The Hall–Kier alpha value is -6.98. The summed E-state index contributed by atoms with van der Waals surface area (Å²) < 4.78 is 13.1. The molecule has 2 aromatic heterocycles. The van der Waals surface area contributed by atoms with E-state index in [4.69, 9.17) is 18.8 Å². The van der Waals surface area contributed by atoms with Crippen molar-refractivity contribution in [3.8, 4) is 11.1 Å². The van der Waals surface area contributed by atoms with Gasteiger partial charge in [-0.05, 0) is 75.3 Å². The third-order valence-electron chi connectivity index (χ3n) is 10.3. The number of fused-ring (bicyclic) bond motifs is 9. The second-order valence-corrected chi connectivity index (χ2v) is 13.4. The van der Waals surface area contributed by atoms with Gasteiger partial charge in [-0.15, -0.1) is 0 Å². The van der Waals surface area contributed by atoms with Crippen molar-refractivity contribution in [2.24, 2.45) is 9.98 Å². The van der Waals surface area contributed by atoms with Crippen molar-refractivity contribution in [1.82, 2.24) is 5.32 Å². The topological polar surface area (TPSA) is 63.0 Å². The molecule has 5 heteroatoms. The maximum absolute atomic E-state index is 6.66. The van der Waals surface area contributed by atoms with Gasteiger partial charge in [-0.1, -0.05) is 121 Å². The predicted octanol–water partition coefficient (Wildman–Crippen LogP) is 12.0. The summed E-state index contributed by atoms with van der Waals surface area (Å²) in [5.41, 5.74) is 8.38. The number of nitrogens with zero attached hydrogens (tertiary/aromatic N) is 2. The Kier molecular flexibility index (Phi) is 6.25. The standard InChI is InChI=1S/C47H29N3O2/c1-2-12-30(13-3-1)45-48-46(33-19-18-28-10-4-5-14-31(28)26-33)50-47(49-45)43-34(24-25-40-42(43)38-16-8-9-17-39(38)51-40)32-21-22-36-37-23-20-29-11-6-7-15-35(29)44(37)52-41(36)27-32/h1-27,46H,(H,48,49,50). The van der Waals surface area contributed by atoms with E-state index in [2.05, 4.69) is 139 Å². The van der Waals surface area contributed by atoms with E-state index in [1.807, 2.05) is 30.3 Å². The van der Waals surface area contributed by atoms with Gasteiger partial charge in [0, 0.05) is 38.1 Å². The van der Waals surface area contributed by atoms with E-state index in [1.54, 1.807) is 0 Å². The molecule has 0 aliphatic carbocycles. The van der Waals surface area contributed by atoms with E-state index in [0.717, 1.165) is 93.7 Å². The second-order valence-electron chi connectivity index (χ2n) is 13.4. The second kappa shape index (κ2) is 11.3. The normalized spacial score (nSPS) is 14.7. The first kappa shape index (κ1) is 28.8. The Bertz CT molecular complexity index is 3110. The summed E-state index contributed by atoms with van der Waals surface area (Å²) in [6, 6.07) is 56.8. The van der Waals surface area contributed by atoms with Crippen LogP contribution in [0.25, 0.3) is 76.5 Å². The molecular weight excluding hydrogens is 639 g/mol. The Morgan fingerprint density at radius 2 is 1.23 bits per heavy atom. The van der Waals surface area contributed by atoms with Crippen LogP contribution in [-0.4, -0.2) is 11.7 Å². The molecule has 244 valence electrons. The number of hydrogen-bond donors (Lipinski definition) is 1. The van der Waals surface area contributed by atoms with Crippen LogP contribution in [0.3, 0.4) is 0 Å². The Morgan fingerprint density at radius 3 is 2.13 bits per heavy atom. The maximum Gasteiger partial charge on any atom is 0.159 e. The van der Waals surface area contributed by atoms with Crippen molar-refractivity contribution in [2.75, 3.05) is 0 Å². The maximum atomic E-state index is 6.66. The van der Waals surface area contributed by atoms with Gasteiger partial charge in [0.2, 0.25) is 0 Å². The van der Waals surface area contributed by atoms with Crippen LogP contribution >= 0.6 is 0 Å². The van der Waals surface area contributed by atoms with Crippen LogP contribution < -0.4 is 5.32 Å². The van der Waals surface area contributed by atoms with E-state index in [-0.39, 0.29) is 6.17 Å². The Morgan fingerprint density at radius 1 is 0.481 bits per heavy atom. The summed E-state index contributed by atoms with van der Waals surface area (Å²) in [4.78, 5) is 10.5. The number of nitrogens with one attached hydrogen (secondary N) is 1. The molecule has 52 heavy (non-hydrogen) atoms. The van der Waals surface area contributed by atoms with Crippen molar-refractivity contribution >= 4 is 77.1 Å². The quantitative estimate of drug-likeness (QED) is 0.203. The third kappa shape index (κ3) is 4.49. The summed E-state index contributed by atoms with van der Waals surface area (Å²) in [6.45, 7) is 0. The summed E-state index contributed by atoms with van der Waals surface area (Å²) in [5.74, 6) is 1.40. The summed E-state index contributed by atoms with van der Waals surface area (Å²) >= 11 is 0. The van der Waals surface area contributed by atoms with Gasteiger partial charge in [-0.2, -0.15) is 0 Å². The Labute approximate surface area is 298 Å². The van der Waals surface area contributed by atoms with E-state index >= 15 is 0 Å². The van der Waals surface area contributed by atoms with Crippen LogP contribution in [0, 0.1) is 0 Å². The molecule has 0 fully saturated rings. The number of para-hydroxylation sites is 1. The minimum atomic E-state index is -0.375. The van der Waals surface area contributed by atoms with E-state index in [0.29, 0.717) is 5.84 Å². The summed E-state index contributed by atoms with van der Waals surface area (Å²) in [7, 11) is 0. The van der Waals surface area contributed by atoms with Crippen LogP contribution in [0.5, 0.6) is 0 Å². The molecule has 3 heterocycles. The largest absolute Gasteiger partial charge is 0.456 e. The molecule has 1 unspecified atom stereocenters. The molecule has 1 N–H and O–H groups in total. The monoisotopic (exact) mass is 667 g/mol. The summed E-state index contributed by atoms with van der Waals surface area (Å²) in [5, 5.41) is 12.6. The SMILES string of the molecule is c1ccc(C2=NC(c3ccc4ccccc4c3)NC(c3c(-c4ccc5c(c4)oc4c6ccccc6ccc54)ccc4oc5ccccc5c34)=N2)cc1. The first-order valence-electron chi connectivity index (χ1n) is 17.5. The number of furan rings is 2. The smallest absolute Gasteiger partial charge is 0.159 e. The molecule has 0 saturated carbocycles. The molecule has 5 nitrogen and oxygen atoms in total. The van der Waals surface area contributed by atoms with Crippen LogP contribution in [-0.2, 0) is 0 Å². The molecule has 0 spiro atoms. The van der Waals surface area contributed by atoms with Crippen molar-refractivity contribution in [2.45, 2.75) is 6.17 Å². The average Bonchev–Trinajstić information content (AvgIpc) is 3.79. The van der Waals surface area contributed by atoms with Gasteiger partial charge in [-0.3, -0.25) is 0 Å². The molecule has 0 bridgehead atoms. The molecule has 0 amide bonds. The minimum Gasteiger partial charge on any atom is -0.456 e. The zero-order valence-electron chi connectivity index (χ0n) is 27.9. The van der Waals surface area contributed by atoms with Gasteiger partial charge in [0.15, 0.2) is 5.84 Å². The highest BCUT2D eigenvalue weighted by atomic mass is 16.3. The number of rotatable bonds is 4. The highest BCUT2D eigenvalue weighted by Gasteiger charge is 2.27. The molecule has 1 aliphatic heterocycles. The summed E-state index contributed by atoms with van der Waals surface area (Å²) in [6.07, 6.45) is -0.375. The van der Waals surface area contributed by atoms with Gasteiger partial charge < -0.3 is 14.2 Å². The number of amidine groups is 2. The Balaban J connectivity index is 1.16. The molecule has 11 rings (SSSR count). The molecular formula is C47H29N3O2. The zero-order valence-corrected chi connectivity index (χ0v) is 27.9. The van der Waals surface area contributed by atoms with Gasteiger partial charge in [0.1, 0.15) is 34.3 Å². The van der Waals surface area contributed by atoms with Crippen molar-refractivity contribution in [3.63, 3.8) is 0 Å². The highest BCUT2D eigenvalue weighted by Crippen LogP contribution is 2.41. The molecule has 1 aliphatic rings. The number of benzene rings is 8. The number of aliphatic imine (C=N–C) groups is 2. The first-order chi connectivity index (χ1) is 25.7. The van der Waals surface area contributed by atoms with Crippen LogP contribution in [0.2, 0.25) is 0 Å². The van der Waals surface area contributed by atoms with Gasteiger partial charge in [0.25, 0.3) is 0 Å². The molecule has 10 aromatic rings. The van der Waals surface area contributed by atoms with Crippen LogP contribution in [0.4, 0.5) is 0 Å². The van der Waals surface area contributed by atoms with Gasteiger partial charge in [-0.25, -0.2) is 9.98 Å². The lowest BCUT2D eigenvalue weighted by atomic mass is 9.93. The fraction of sp³-hybridized carbons (Fsp3) is 0.0213. The van der Waals surface area contributed by atoms with E-state index in [9.17, 15) is 0 Å². The van der Waals surface area contributed by atoms with Gasteiger partial charge >= 0.3 is 0 Å². The van der Waals surface area contributed by atoms with Crippen molar-refractivity contribution in [1.29, 1.82) is 0 Å². The van der Waals surface area contributed by atoms with Gasteiger partial charge in [0.05, 0.1) is 0 Å². The van der Waals surface area contributed by atoms with Crippen molar-refractivity contribution in [3.05, 3.63) is 180 Å². The van der Waals surface area contributed by atoms with Crippen molar-refractivity contribution < 1.29 is 8.83 Å². The molecule has 0 saturated heterocycles. The third-order valence-corrected chi connectivity index (χ3v) is 10.3. The number of hydrogen-bond acceptors (Lipinski definition) is 5. The zero-order chi connectivity index (χ0) is 34.2. The average molecular weight is 668 g/mol.